The second kappa shape index (κ2) is 21.6. The quantitative estimate of drug-likeness (QED) is 0.234. The maximum atomic E-state index is 9.47. The third-order valence-electron chi connectivity index (χ3n) is 5.20. The molecule has 0 aliphatic heterocycles. The first-order valence-corrected chi connectivity index (χ1v) is 14.3. The van der Waals surface area contributed by atoms with E-state index in [1.165, 1.54) is 30.5 Å². The summed E-state index contributed by atoms with van der Waals surface area (Å²) in [5.74, 6) is 0.167. The highest BCUT2D eigenvalue weighted by Gasteiger charge is 2.16. The summed E-state index contributed by atoms with van der Waals surface area (Å²) in [4.78, 5) is 10.5. The zero-order valence-electron chi connectivity index (χ0n) is 26.2. The average molecular weight is 575 g/mol. The highest BCUT2D eigenvalue weighted by atomic mass is 32.1. The number of carbonyl (C=O) groups excluding carboxylic acids is 1. The molecule has 0 atom stereocenters. The third-order valence-corrected chi connectivity index (χ3v) is 5.50. The SMILES string of the molecule is CC(C)(O)Cc1ccccc1.CC(C)=O.COC(C)(C)Cc1ccccc1.Cc1ccccc1.Sc1ccccc1. The smallest absolute Gasteiger partial charge is 0.126 e. The van der Waals surface area contributed by atoms with Crippen molar-refractivity contribution in [1.82, 2.24) is 0 Å². The number of Topliss-reactive ketones (excluding diaryl/α,β-unsaturated/α-hetero) is 1. The Kier molecular flexibility index (Phi) is 19.9. The Morgan fingerprint density at radius 2 is 0.976 bits per heavy atom. The normalized spacial score (nSPS) is 10.1. The Morgan fingerprint density at radius 3 is 1.22 bits per heavy atom. The average Bonchev–Trinajstić information content (AvgIpc) is 2.90. The van der Waals surface area contributed by atoms with E-state index in [4.69, 9.17) is 4.74 Å². The second-order valence-corrected chi connectivity index (χ2v) is 11.5. The molecule has 0 aliphatic rings. The van der Waals surface area contributed by atoms with Crippen molar-refractivity contribution in [2.24, 2.45) is 0 Å². The van der Waals surface area contributed by atoms with Gasteiger partial charge in [-0.05, 0) is 71.7 Å². The number of ketones is 1. The van der Waals surface area contributed by atoms with Crippen molar-refractivity contribution in [2.75, 3.05) is 7.11 Å². The first kappa shape index (κ1) is 37.8. The molecular weight excluding hydrogens is 524 g/mol. The van der Waals surface area contributed by atoms with Crippen LogP contribution in [0.2, 0.25) is 0 Å². The van der Waals surface area contributed by atoms with Crippen LogP contribution >= 0.6 is 12.6 Å². The van der Waals surface area contributed by atoms with E-state index in [9.17, 15) is 9.90 Å². The molecule has 0 aromatic heterocycles. The van der Waals surface area contributed by atoms with Crippen LogP contribution in [0.15, 0.2) is 126 Å². The minimum absolute atomic E-state index is 0.0542. The Labute approximate surface area is 255 Å². The number of carbonyl (C=O) groups is 1. The standard InChI is InChI=1S/C11H16O.C10H14O.C7H8.C6H6S.C3H6O/c1-11(2,12-3)9-10-7-5-4-6-8-10;1-10(2,11)8-9-6-4-3-5-7-9;1-7-5-3-2-4-6-7;7-6-4-2-1-3-5-6;1-3(2)4/h4-8H,9H2,1-3H3;3-7,11H,8H2,1-2H3;2-6H,1H3;1-5,7H;1-2H3. The molecule has 0 unspecified atom stereocenters. The molecular formula is C37H50O3S. The number of aryl methyl sites for hydroxylation is 1. The van der Waals surface area contributed by atoms with Gasteiger partial charge in [-0.2, -0.15) is 0 Å². The number of ether oxygens (including phenoxy) is 1. The largest absolute Gasteiger partial charge is 0.390 e. The number of hydrogen-bond donors (Lipinski definition) is 2. The minimum atomic E-state index is -0.596. The number of aliphatic hydroxyl groups is 1. The molecule has 1 N–H and O–H groups in total. The molecule has 4 rings (SSSR count). The van der Waals surface area contributed by atoms with E-state index >= 15 is 0 Å². The van der Waals surface area contributed by atoms with Crippen molar-refractivity contribution < 1.29 is 14.6 Å². The van der Waals surface area contributed by atoms with Gasteiger partial charge in [0.1, 0.15) is 5.78 Å². The van der Waals surface area contributed by atoms with Crippen LogP contribution in [-0.4, -0.2) is 29.2 Å². The summed E-state index contributed by atoms with van der Waals surface area (Å²) in [6.45, 7) is 13.0. The zero-order chi connectivity index (χ0) is 31.2. The topological polar surface area (TPSA) is 46.5 Å². The minimum Gasteiger partial charge on any atom is -0.390 e. The molecule has 4 heteroatoms. The molecule has 41 heavy (non-hydrogen) atoms. The lowest BCUT2D eigenvalue weighted by atomic mass is 9.99. The fourth-order valence-corrected chi connectivity index (χ4v) is 3.39. The van der Waals surface area contributed by atoms with Crippen LogP contribution in [0.3, 0.4) is 0 Å². The van der Waals surface area contributed by atoms with E-state index in [1.54, 1.807) is 7.11 Å². The molecule has 0 spiro atoms. The zero-order valence-corrected chi connectivity index (χ0v) is 27.1. The van der Waals surface area contributed by atoms with Crippen LogP contribution in [0, 0.1) is 6.92 Å². The first-order valence-electron chi connectivity index (χ1n) is 13.8. The molecule has 0 fully saturated rings. The van der Waals surface area contributed by atoms with Gasteiger partial charge in [-0.15, -0.1) is 12.6 Å². The van der Waals surface area contributed by atoms with Gasteiger partial charge in [0, 0.05) is 24.8 Å². The Balaban J connectivity index is 0.000000509. The molecule has 0 saturated carbocycles. The summed E-state index contributed by atoms with van der Waals surface area (Å²) >= 11 is 4.08. The molecule has 3 nitrogen and oxygen atoms in total. The Bertz CT molecular complexity index is 1110. The molecule has 222 valence electrons. The summed E-state index contributed by atoms with van der Waals surface area (Å²) in [7, 11) is 1.75. The molecule has 0 bridgehead atoms. The van der Waals surface area contributed by atoms with Gasteiger partial charge in [0.25, 0.3) is 0 Å². The van der Waals surface area contributed by atoms with E-state index in [1.807, 2.05) is 98.8 Å². The molecule has 0 saturated heterocycles. The van der Waals surface area contributed by atoms with Crippen molar-refractivity contribution in [3.05, 3.63) is 138 Å². The second-order valence-electron chi connectivity index (χ2n) is 11.0. The Hall–Kier alpha value is -3.18. The maximum Gasteiger partial charge on any atom is 0.126 e. The van der Waals surface area contributed by atoms with E-state index in [0.717, 1.165) is 11.3 Å². The maximum absolute atomic E-state index is 9.47. The van der Waals surface area contributed by atoms with Crippen LogP contribution in [0.4, 0.5) is 0 Å². The number of benzene rings is 4. The van der Waals surface area contributed by atoms with Crippen molar-refractivity contribution in [3.63, 3.8) is 0 Å². The lowest BCUT2D eigenvalue weighted by Crippen LogP contribution is -2.25. The number of rotatable bonds is 5. The van der Waals surface area contributed by atoms with E-state index in [0.29, 0.717) is 6.42 Å². The first-order chi connectivity index (χ1) is 19.2. The van der Waals surface area contributed by atoms with Crippen molar-refractivity contribution in [3.8, 4) is 0 Å². The van der Waals surface area contributed by atoms with Crippen molar-refractivity contribution >= 4 is 18.4 Å². The van der Waals surface area contributed by atoms with Gasteiger partial charge in [0.2, 0.25) is 0 Å². The van der Waals surface area contributed by atoms with E-state index in [2.05, 4.69) is 69.8 Å². The lowest BCUT2D eigenvalue weighted by molar-refractivity contribution is -0.115. The Morgan fingerprint density at radius 1 is 0.659 bits per heavy atom. The van der Waals surface area contributed by atoms with Crippen molar-refractivity contribution in [2.45, 2.75) is 77.4 Å². The summed E-state index contributed by atoms with van der Waals surface area (Å²) in [5, 5.41) is 9.47. The van der Waals surface area contributed by atoms with E-state index in [-0.39, 0.29) is 11.4 Å². The van der Waals surface area contributed by atoms with Gasteiger partial charge in [0.05, 0.1) is 11.2 Å². The molecule has 4 aromatic carbocycles. The number of hydrogen-bond acceptors (Lipinski definition) is 4. The fraction of sp³-hybridized carbons (Fsp3) is 0.324. The van der Waals surface area contributed by atoms with Gasteiger partial charge in [-0.25, -0.2) is 0 Å². The van der Waals surface area contributed by atoms with Gasteiger partial charge in [-0.3, -0.25) is 0 Å². The summed E-state index contributed by atoms with van der Waals surface area (Å²) < 4.78 is 5.34. The van der Waals surface area contributed by atoms with Gasteiger partial charge < -0.3 is 14.6 Å². The van der Waals surface area contributed by atoms with Crippen molar-refractivity contribution in [1.29, 1.82) is 0 Å². The highest BCUT2D eigenvalue weighted by Crippen LogP contribution is 2.15. The molecule has 4 aromatic rings. The van der Waals surface area contributed by atoms with Crippen LogP contribution in [0.1, 0.15) is 58.2 Å². The lowest BCUT2D eigenvalue weighted by Gasteiger charge is -2.22. The molecule has 0 radical (unpaired) electrons. The van der Waals surface area contributed by atoms with E-state index < -0.39 is 5.60 Å². The number of thiol groups is 1. The third kappa shape index (κ3) is 25.5. The summed E-state index contributed by atoms with van der Waals surface area (Å²) in [6.07, 6.45) is 1.68. The predicted molar refractivity (Wildman–Crippen MR) is 179 cm³/mol. The highest BCUT2D eigenvalue weighted by molar-refractivity contribution is 7.80. The summed E-state index contributed by atoms with van der Waals surface area (Å²) in [6, 6.07) is 40.5. The molecule has 0 aliphatic carbocycles. The van der Waals surface area contributed by atoms with Gasteiger partial charge in [-0.1, -0.05) is 115 Å². The van der Waals surface area contributed by atoms with Gasteiger partial charge in [0.15, 0.2) is 0 Å². The van der Waals surface area contributed by atoms with Crippen LogP contribution < -0.4 is 0 Å². The monoisotopic (exact) mass is 574 g/mol. The molecule has 0 amide bonds. The fourth-order valence-electron chi connectivity index (χ4n) is 3.22. The van der Waals surface area contributed by atoms with Crippen LogP contribution in [-0.2, 0) is 22.4 Å². The predicted octanol–water partition coefficient (Wildman–Crippen LogP) is 9.22. The number of methoxy groups -OCH3 is 1. The van der Waals surface area contributed by atoms with Gasteiger partial charge >= 0.3 is 0 Å². The summed E-state index contributed by atoms with van der Waals surface area (Å²) in [5.41, 5.74) is 3.18. The van der Waals surface area contributed by atoms with Crippen LogP contribution in [0.25, 0.3) is 0 Å². The van der Waals surface area contributed by atoms with Crippen LogP contribution in [0.5, 0.6) is 0 Å². The molecule has 0 heterocycles.